The van der Waals surface area contributed by atoms with Crippen LogP contribution in [0.3, 0.4) is 0 Å². The summed E-state index contributed by atoms with van der Waals surface area (Å²) in [5.74, 6) is 1.02. The first kappa shape index (κ1) is 11.4. The molecule has 0 spiro atoms. The molecule has 1 atom stereocenters. The summed E-state index contributed by atoms with van der Waals surface area (Å²) in [6.07, 6.45) is 3.21. The molecule has 1 aromatic heterocycles. The third-order valence-electron chi connectivity index (χ3n) is 2.96. The van der Waals surface area contributed by atoms with Crippen molar-refractivity contribution in [2.75, 3.05) is 24.6 Å². The van der Waals surface area contributed by atoms with E-state index in [0.29, 0.717) is 12.6 Å². The van der Waals surface area contributed by atoms with Gasteiger partial charge < -0.3 is 15.4 Å². The molecule has 2 rings (SSSR count). The summed E-state index contributed by atoms with van der Waals surface area (Å²) in [6, 6.07) is 4.03. The van der Waals surface area contributed by atoms with Crippen LogP contribution < -0.4 is 10.6 Å². The van der Waals surface area contributed by atoms with E-state index in [4.69, 9.17) is 10.5 Å². The standard InChI is InChI=1S/C12H19N3O/c1-2-11-9-15(5-6-16-11)12-7-10(8-13)3-4-14-12/h3-4,7,11H,2,5-6,8-9,13H2,1H3. The third-order valence-corrected chi connectivity index (χ3v) is 2.96. The first-order chi connectivity index (χ1) is 7.83. The fourth-order valence-electron chi connectivity index (χ4n) is 1.93. The molecule has 0 bridgehead atoms. The molecule has 0 aliphatic carbocycles. The lowest BCUT2D eigenvalue weighted by atomic mass is 10.2. The molecule has 16 heavy (non-hydrogen) atoms. The van der Waals surface area contributed by atoms with Crippen LogP contribution in [0.5, 0.6) is 0 Å². The van der Waals surface area contributed by atoms with E-state index in [9.17, 15) is 0 Å². The molecular formula is C12H19N3O. The van der Waals surface area contributed by atoms with E-state index in [2.05, 4.69) is 22.9 Å². The number of anilines is 1. The van der Waals surface area contributed by atoms with Gasteiger partial charge in [0.15, 0.2) is 0 Å². The molecule has 0 amide bonds. The molecule has 2 N–H and O–H groups in total. The zero-order valence-electron chi connectivity index (χ0n) is 9.72. The van der Waals surface area contributed by atoms with Crippen molar-refractivity contribution >= 4 is 5.82 Å². The number of hydrogen-bond donors (Lipinski definition) is 1. The summed E-state index contributed by atoms with van der Waals surface area (Å²) in [5, 5.41) is 0. The van der Waals surface area contributed by atoms with E-state index in [0.717, 1.165) is 37.5 Å². The summed E-state index contributed by atoms with van der Waals surface area (Å²) in [5.41, 5.74) is 6.76. The molecule has 0 radical (unpaired) electrons. The predicted octanol–water partition coefficient (Wildman–Crippen LogP) is 1.16. The monoisotopic (exact) mass is 221 g/mol. The molecule has 1 saturated heterocycles. The highest BCUT2D eigenvalue weighted by atomic mass is 16.5. The van der Waals surface area contributed by atoms with Crippen molar-refractivity contribution in [1.29, 1.82) is 0 Å². The van der Waals surface area contributed by atoms with E-state index in [1.54, 1.807) is 0 Å². The molecular weight excluding hydrogens is 202 g/mol. The lowest BCUT2D eigenvalue weighted by Crippen LogP contribution is -2.42. The largest absolute Gasteiger partial charge is 0.375 e. The normalized spacial score (nSPS) is 21.1. The summed E-state index contributed by atoms with van der Waals surface area (Å²) in [4.78, 5) is 6.67. The van der Waals surface area contributed by atoms with Crippen molar-refractivity contribution in [2.24, 2.45) is 5.73 Å². The Kier molecular flexibility index (Phi) is 3.74. The fourth-order valence-corrected chi connectivity index (χ4v) is 1.93. The van der Waals surface area contributed by atoms with Crippen LogP contribution in [0.4, 0.5) is 5.82 Å². The van der Waals surface area contributed by atoms with Crippen LogP contribution in [0, 0.1) is 0 Å². The average Bonchev–Trinajstić information content (AvgIpc) is 2.39. The van der Waals surface area contributed by atoms with Gasteiger partial charge in [0.2, 0.25) is 0 Å². The van der Waals surface area contributed by atoms with Crippen molar-refractivity contribution in [1.82, 2.24) is 4.98 Å². The fraction of sp³-hybridized carbons (Fsp3) is 0.583. The number of pyridine rings is 1. The minimum Gasteiger partial charge on any atom is -0.375 e. The Morgan fingerprint density at radius 2 is 2.50 bits per heavy atom. The molecule has 0 aromatic carbocycles. The van der Waals surface area contributed by atoms with Gasteiger partial charge in [0.1, 0.15) is 5.82 Å². The van der Waals surface area contributed by atoms with E-state index in [1.165, 1.54) is 0 Å². The van der Waals surface area contributed by atoms with Gasteiger partial charge in [0, 0.05) is 25.8 Å². The Morgan fingerprint density at radius 1 is 1.62 bits per heavy atom. The second kappa shape index (κ2) is 5.27. The minimum absolute atomic E-state index is 0.331. The number of aromatic nitrogens is 1. The van der Waals surface area contributed by atoms with Crippen LogP contribution >= 0.6 is 0 Å². The first-order valence-electron chi connectivity index (χ1n) is 5.85. The Hall–Kier alpha value is -1.13. The summed E-state index contributed by atoms with van der Waals surface area (Å²) >= 11 is 0. The summed E-state index contributed by atoms with van der Waals surface area (Å²) < 4.78 is 5.64. The predicted molar refractivity (Wildman–Crippen MR) is 64.4 cm³/mol. The molecule has 1 aliphatic heterocycles. The van der Waals surface area contributed by atoms with Gasteiger partial charge in [-0.2, -0.15) is 0 Å². The molecule has 1 fully saturated rings. The number of rotatable bonds is 3. The second-order valence-electron chi connectivity index (χ2n) is 4.07. The molecule has 0 saturated carbocycles. The van der Waals surface area contributed by atoms with Gasteiger partial charge in [0.05, 0.1) is 12.7 Å². The second-order valence-corrected chi connectivity index (χ2v) is 4.07. The third kappa shape index (κ3) is 2.51. The van der Waals surface area contributed by atoms with Crippen molar-refractivity contribution in [3.63, 3.8) is 0 Å². The molecule has 88 valence electrons. The van der Waals surface area contributed by atoms with Gasteiger partial charge in [-0.15, -0.1) is 0 Å². The topological polar surface area (TPSA) is 51.4 Å². The van der Waals surface area contributed by atoms with Crippen LogP contribution in [0.15, 0.2) is 18.3 Å². The Labute approximate surface area is 96.4 Å². The van der Waals surface area contributed by atoms with Gasteiger partial charge in [0.25, 0.3) is 0 Å². The zero-order chi connectivity index (χ0) is 11.4. The van der Waals surface area contributed by atoms with Crippen LogP contribution in [0.25, 0.3) is 0 Å². The zero-order valence-corrected chi connectivity index (χ0v) is 9.72. The Bertz CT molecular complexity index is 343. The van der Waals surface area contributed by atoms with E-state index < -0.39 is 0 Å². The summed E-state index contributed by atoms with van der Waals surface area (Å²) in [7, 11) is 0. The maximum atomic E-state index is 5.64. The van der Waals surface area contributed by atoms with Crippen molar-refractivity contribution < 1.29 is 4.74 Å². The number of hydrogen-bond acceptors (Lipinski definition) is 4. The molecule has 1 unspecified atom stereocenters. The Balaban J connectivity index is 2.10. The van der Waals surface area contributed by atoms with Crippen LogP contribution in [0.2, 0.25) is 0 Å². The molecule has 1 aromatic rings. The van der Waals surface area contributed by atoms with Crippen molar-refractivity contribution in [2.45, 2.75) is 26.0 Å². The van der Waals surface area contributed by atoms with Gasteiger partial charge >= 0.3 is 0 Å². The quantitative estimate of drug-likeness (QED) is 0.832. The minimum atomic E-state index is 0.331. The van der Waals surface area contributed by atoms with Crippen molar-refractivity contribution in [3.8, 4) is 0 Å². The first-order valence-corrected chi connectivity index (χ1v) is 5.85. The van der Waals surface area contributed by atoms with Crippen LogP contribution in [0.1, 0.15) is 18.9 Å². The van der Waals surface area contributed by atoms with Gasteiger partial charge in [-0.05, 0) is 24.1 Å². The maximum Gasteiger partial charge on any atom is 0.128 e. The SMILES string of the molecule is CCC1CN(c2cc(CN)ccn2)CCO1. The lowest BCUT2D eigenvalue weighted by molar-refractivity contribution is 0.0381. The van der Waals surface area contributed by atoms with Crippen LogP contribution in [-0.2, 0) is 11.3 Å². The average molecular weight is 221 g/mol. The van der Waals surface area contributed by atoms with Crippen LogP contribution in [-0.4, -0.2) is 30.8 Å². The number of nitrogens with two attached hydrogens (primary N) is 1. The maximum absolute atomic E-state index is 5.64. The highest BCUT2D eigenvalue weighted by Gasteiger charge is 2.19. The molecule has 4 nitrogen and oxygen atoms in total. The number of nitrogens with zero attached hydrogens (tertiary/aromatic N) is 2. The molecule has 2 heterocycles. The Morgan fingerprint density at radius 3 is 3.25 bits per heavy atom. The smallest absolute Gasteiger partial charge is 0.128 e. The van der Waals surface area contributed by atoms with Gasteiger partial charge in [-0.3, -0.25) is 0 Å². The van der Waals surface area contributed by atoms with Gasteiger partial charge in [-0.25, -0.2) is 4.98 Å². The number of ether oxygens (including phenoxy) is 1. The van der Waals surface area contributed by atoms with E-state index >= 15 is 0 Å². The van der Waals surface area contributed by atoms with E-state index in [1.807, 2.05) is 12.3 Å². The molecule has 4 heteroatoms. The summed E-state index contributed by atoms with van der Waals surface area (Å²) in [6.45, 7) is 5.34. The lowest BCUT2D eigenvalue weighted by Gasteiger charge is -2.33. The molecule has 1 aliphatic rings. The number of morpholine rings is 1. The van der Waals surface area contributed by atoms with E-state index in [-0.39, 0.29) is 0 Å². The van der Waals surface area contributed by atoms with Crippen molar-refractivity contribution in [3.05, 3.63) is 23.9 Å². The highest BCUT2D eigenvalue weighted by molar-refractivity contribution is 5.41. The highest BCUT2D eigenvalue weighted by Crippen LogP contribution is 2.17. The van der Waals surface area contributed by atoms with Gasteiger partial charge in [-0.1, -0.05) is 6.92 Å².